The van der Waals surface area contributed by atoms with E-state index in [-0.39, 0.29) is 0 Å². The number of hydrogen-bond acceptors (Lipinski definition) is 3. The Balaban J connectivity index is 2.38. The third-order valence-corrected chi connectivity index (χ3v) is 2.38. The first-order valence-electron chi connectivity index (χ1n) is 5.52. The summed E-state index contributed by atoms with van der Waals surface area (Å²) in [5.41, 5.74) is 2.49. The van der Waals surface area contributed by atoms with Crippen molar-refractivity contribution >= 4 is 0 Å². The van der Waals surface area contributed by atoms with E-state index in [1.165, 1.54) is 11.1 Å². The fourth-order valence-electron chi connectivity index (χ4n) is 1.54. The van der Waals surface area contributed by atoms with Crippen molar-refractivity contribution in [1.29, 1.82) is 5.26 Å². The molecule has 0 aliphatic heterocycles. The number of methoxy groups -OCH3 is 1. The highest BCUT2D eigenvalue weighted by molar-refractivity contribution is 5.26. The highest BCUT2D eigenvalue weighted by Gasteiger charge is 2.00. The lowest BCUT2D eigenvalue weighted by Gasteiger charge is -2.09. The number of benzene rings is 1. The van der Waals surface area contributed by atoms with Crippen LogP contribution < -0.4 is 5.32 Å². The van der Waals surface area contributed by atoms with Gasteiger partial charge in [0.2, 0.25) is 0 Å². The number of nitrogens with one attached hydrogen (secondary N) is 1. The zero-order valence-corrected chi connectivity index (χ0v) is 9.70. The minimum absolute atomic E-state index is 0.618. The molecule has 0 spiro atoms. The SMILES string of the molecule is COCc1ccccc1CNCCCC#N. The molecule has 3 heteroatoms. The quantitative estimate of drug-likeness (QED) is 0.714. The second-order valence-electron chi connectivity index (χ2n) is 3.64. The summed E-state index contributed by atoms with van der Waals surface area (Å²) in [6, 6.07) is 10.4. The molecule has 0 aromatic heterocycles. The van der Waals surface area contributed by atoms with E-state index < -0.39 is 0 Å². The molecule has 0 radical (unpaired) electrons. The van der Waals surface area contributed by atoms with Crippen molar-refractivity contribution in [2.75, 3.05) is 13.7 Å². The van der Waals surface area contributed by atoms with Crippen LogP contribution in [0.1, 0.15) is 24.0 Å². The Kier molecular flexibility index (Phi) is 6.24. The van der Waals surface area contributed by atoms with Crippen molar-refractivity contribution in [3.05, 3.63) is 35.4 Å². The molecular formula is C13H18N2O. The monoisotopic (exact) mass is 218 g/mol. The summed E-state index contributed by atoms with van der Waals surface area (Å²) in [4.78, 5) is 0. The van der Waals surface area contributed by atoms with Gasteiger partial charge in [-0.15, -0.1) is 0 Å². The first-order valence-corrected chi connectivity index (χ1v) is 5.52. The van der Waals surface area contributed by atoms with E-state index in [4.69, 9.17) is 10.00 Å². The molecule has 0 heterocycles. The zero-order valence-electron chi connectivity index (χ0n) is 9.70. The number of nitrogens with zero attached hydrogens (tertiary/aromatic N) is 1. The Bertz CT molecular complexity index is 344. The van der Waals surface area contributed by atoms with Gasteiger partial charge in [-0.2, -0.15) is 5.26 Å². The zero-order chi connectivity index (χ0) is 11.6. The molecule has 1 N–H and O–H groups in total. The van der Waals surface area contributed by atoms with Gasteiger partial charge < -0.3 is 10.1 Å². The Labute approximate surface area is 97.0 Å². The lowest BCUT2D eigenvalue weighted by Crippen LogP contribution is -2.15. The molecule has 0 saturated carbocycles. The Morgan fingerprint density at radius 3 is 2.75 bits per heavy atom. The molecule has 86 valence electrons. The molecule has 0 unspecified atom stereocenters. The summed E-state index contributed by atoms with van der Waals surface area (Å²) in [5, 5.41) is 11.7. The van der Waals surface area contributed by atoms with Gasteiger partial charge in [-0.25, -0.2) is 0 Å². The Morgan fingerprint density at radius 2 is 2.06 bits per heavy atom. The van der Waals surface area contributed by atoms with Gasteiger partial charge in [-0.05, 0) is 24.1 Å². The van der Waals surface area contributed by atoms with Crippen molar-refractivity contribution in [2.45, 2.75) is 26.0 Å². The molecule has 1 aromatic rings. The molecule has 0 aliphatic carbocycles. The van der Waals surface area contributed by atoms with E-state index in [2.05, 4.69) is 23.5 Å². The minimum atomic E-state index is 0.618. The van der Waals surface area contributed by atoms with Crippen LogP contribution in [-0.4, -0.2) is 13.7 Å². The van der Waals surface area contributed by atoms with Gasteiger partial charge in [0, 0.05) is 20.1 Å². The summed E-state index contributed by atoms with van der Waals surface area (Å²) < 4.78 is 5.14. The van der Waals surface area contributed by atoms with Crippen LogP contribution in [0.15, 0.2) is 24.3 Å². The van der Waals surface area contributed by atoms with Gasteiger partial charge in [-0.1, -0.05) is 24.3 Å². The van der Waals surface area contributed by atoms with Gasteiger partial charge in [0.1, 0.15) is 0 Å². The highest BCUT2D eigenvalue weighted by Crippen LogP contribution is 2.09. The summed E-state index contributed by atoms with van der Waals surface area (Å²) in [6.07, 6.45) is 1.52. The van der Waals surface area contributed by atoms with Crippen LogP contribution in [0.4, 0.5) is 0 Å². The first-order chi connectivity index (χ1) is 7.88. The fraction of sp³-hybridized carbons (Fsp3) is 0.462. The molecule has 0 aliphatic rings. The average Bonchev–Trinajstić information content (AvgIpc) is 2.31. The number of unbranched alkanes of at least 4 members (excludes halogenated alkanes) is 1. The lowest BCUT2D eigenvalue weighted by molar-refractivity contribution is 0.184. The Hall–Kier alpha value is -1.37. The summed E-state index contributed by atoms with van der Waals surface area (Å²) in [5.74, 6) is 0. The summed E-state index contributed by atoms with van der Waals surface area (Å²) >= 11 is 0. The summed E-state index contributed by atoms with van der Waals surface area (Å²) in [7, 11) is 1.71. The molecule has 0 amide bonds. The van der Waals surface area contributed by atoms with Crippen molar-refractivity contribution in [1.82, 2.24) is 5.32 Å². The fourth-order valence-corrected chi connectivity index (χ4v) is 1.54. The molecular weight excluding hydrogens is 200 g/mol. The molecule has 0 fully saturated rings. The van der Waals surface area contributed by atoms with E-state index in [0.717, 1.165) is 19.5 Å². The molecule has 1 aromatic carbocycles. The van der Waals surface area contributed by atoms with Crippen LogP contribution in [-0.2, 0) is 17.9 Å². The van der Waals surface area contributed by atoms with Crippen LogP contribution >= 0.6 is 0 Å². The maximum absolute atomic E-state index is 8.40. The predicted molar refractivity (Wildman–Crippen MR) is 63.7 cm³/mol. The lowest BCUT2D eigenvalue weighted by atomic mass is 10.1. The van der Waals surface area contributed by atoms with E-state index >= 15 is 0 Å². The van der Waals surface area contributed by atoms with Crippen molar-refractivity contribution in [3.8, 4) is 6.07 Å². The van der Waals surface area contributed by atoms with Crippen LogP contribution in [0.5, 0.6) is 0 Å². The number of nitriles is 1. The van der Waals surface area contributed by atoms with E-state index in [9.17, 15) is 0 Å². The van der Waals surface area contributed by atoms with Crippen LogP contribution in [0, 0.1) is 11.3 Å². The van der Waals surface area contributed by atoms with E-state index in [0.29, 0.717) is 13.0 Å². The van der Waals surface area contributed by atoms with Crippen molar-refractivity contribution < 1.29 is 4.74 Å². The molecule has 3 nitrogen and oxygen atoms in total. The maximum atomic E-state index is 8.40. The number of ether oxygens (including phenoxy) is 1. The predicted octanol–water partition coefficient (Wildman–Crippen LogP) is 2.23. The van der Waals surface area contributed by atoms with Gasteiger partial charge in [0.15, 0.2) is 0 Å². The van der Waals surface area contributed by atoms with Crippen LogP contribution in [0.2, 0.25) is 0 Å². The van der Waals surface area contributed by atoms with E-state index in [1.54, 1.807) is 7.11 Å². The van der Waals surface area contributed by atoms with Gasteiger partial charge in [0.25, 0.3) is 0 Å². The smallest absolute Gasteiger partial charge is 0.0716 e. The molecule has 16 heavy (non-hydrogen) atoms. The van der Waals surface area contributed by atoms with Crippen LogP contribution in [0.3, 0.4) is 0 Å². The average molecular weight is 218 g/mol. The van der Waals surface area contributed by atoms with Gasteiger partial charge in [0.05, 0.1) is 12.7 Å². The normalized spacial score (nSPS) is 10.0. The van der Waals surface area contributed by atoms with Gasteiger partial charge >= 0.3 is 0 Å². The van der Waals surface area contributed by atoms with Crippen molar-refractivity contribution in [2.24, 2.45) is 0 Å². The highest BCUT2D eigenvalue weighted by atomic mass is 16.5. The number of hydrogen-bond donors (Lipinski definition) is 1. The number of rotatable bonds is 7. The van der Waals surface area contributed by atoms with Crippen molar-refractivity contribution in [3.63, 3.8) is 0 Å². The second kappa shape index (κ2) is 7.86. The molecule has 0 atom stereocenters. The third kappa shape index (κ3) is 4.43. The van der Waals surface area contributed by atoms with E-state index in [1.807, 2.05) is 12.1 Å². The standard InChI is InChI=1S/C13H18N2O/c1-16-11-13-7-3-2-6-12(13)10-15-9-5-4-8-14/h2-3,6-7,15H,4-5,9-11H2,1H3. The summed E-state index contributed by atoms with van der Waals surface area (Å²) in [6.45, 7) is 2.37. The maximum Gasteiger partial charge on any atom is 0.0716 e. The first kappa shape index (κ1) is 12.7. The minimum Gasteiger partial charge on any atom is -0.380 e. The molecule has 1 rings (SSSR count). The topological polar surface area (TPSA) is 45.0 Å². The Morgan fingerprint density at radius 1 is 1.31 bits per heavy atom. The van der Waals surface area contributed by atoms with Crippen LogP contribution in [0.25, 0.3) is 0 Å². The molecule has 0 bridgehead atoms. The largest absolute Gasteiger partial charge is 0.380 e. The van der Waals surface area contributed by atoms with Gasteiger partial charge in [-0.3, -0.25) is 0 Å². The molecule has 0 saturated heterocycles. The third-order valence-electron chi connectivity index (χ3n) is 2.38. The second-order valence-corrected chi connectivity index (χ2v) is 3.64.